The Labute approximate surface area is 98.9 Å². The van der Waals surface area contributed by atoms with E-state index in [2.05, 4.69) is 27.4 Å². The number of pyridine rings is 1. The van der Waals surface area contributed by atoms with Gasteiger partial charge in [0.2, 0.25) is 5.95 Å². The zero-order chi connectivity index (χ0) is 11.7. The van der Waals surface area contributed by atoms with Gasteiger partial charge >= 0.3 is 0 Å². The maximum atomic E-state index is 4.25. The normalized spacial score (nSPS) is 10.6. The molecule has 0 unspecified atom stereocenters. The first kappa shape index (κ1) is 9.84. The van der Waals surface area contributed by atoms with Crippen LogP contribution < -0.4 is 5.32 Å². The average Bonchev–Trinajstić information content (AvgIpc) is 2.86. The highest BCUT2D eigenvalue weighted by molar-refractivity contribution is 5.89. The molecule has 1 N–H and O–H groups in total. The fourth-order valence-corrected chi connectivity index (χ4v) is 1.99. The molecule has 4 heteroatoms. The highest BCUT2D eigenvalue weighted by atomic mass is 15.2. The van der Waals surface area contributed by atoms with E-state index in [1.165, 1.54) is 5.39 Å². The van der Waals surface area contributed by atoms with Crippen molar-refractivity contribution in [1.82, 2.24) is 14.5 Å². The van der Waals surface area contributed by atoms with Crippen molar-refractivity contribution < 1.29 is 0 Å². The number of hydrogen-bond acceptors (Lipinski definition) is 3. The number of benzene rings is 1. The van der Waals surface area contributed by atoms with Crippen LogP contribution in [0, 0.1) is 0 Å². The molecule has 0 aliphatic carbocycles. The van der Waals surface area contributed by atoms with Crippen LogP contribution >= 0.6 is 0 Å². The molecule has 3 aromatic rings. The van der Waals surface area contributed by atoms with E-state index in [0.29, 0.717) is 0 Å². The Morgan fingerprint density at radius 2 is 2.12 bits per heavy atom. The predicted octanol–water partition coefficient (Wildman–Crippen LogP) is 2.46. The number of anilines is 1. The lowest BCUT2D eigenvalue weighted by atomic mass is 10.1. The first-order chi connectivity index (χ1) is 8.40. The molecule has 0 aliphatic heterocycles. The minimum absolute atomic E-state index is 0.821. The Kier molecular flexibility index (Phi) is 2.26. The largest absolute Gasteiger partial charge is 0.358 e. The van der Waals surface area contributed by atoms with Crippen LogP contribution in [0.2, 0.25) is 0 Å². The summed E-state index contributed by atoms with van der Waals surface area (Å²) in [6.07, 6.45) is 7.40. The molecule has 0 spiro atoms. The van der Waals surface area contributed by atoms with Gasteiger partial charge in [0.25, 0.3) is 0 Å². The number of nitrogens with one attached hydrogen (secondary N) is 1. The lowest BCUT2D eigenvalue weighted by Gasteiger charge is -2.09. The lowest BCUT2D eigenvalue weighted by molar-refractivity contribution is 1.06. The van der Waals surface area contributed by atoms with Crippen LogP contribution in [-0.4, -0.2) is 21.6 Å². The molecule has 0 saturated carbocycles. The van der Waals surface area contributed by atoms with Gasteiger partial charge in [0.05, 0.1) is 5.69 Å². The summed E-state index contributed by atoms with van der Waals surface area (Å²) in [5, 5.41) is 5.36. The van der Waals surface area contributed by atoms with Crippen molar-refractivity contribution in [2.45, 2.75) is 0 Å². The lowest BCUT2D eigenvalue weighted by Crippen LogP contribution is -2.01. The third-order valence-corrected chi connectivity index (χ3v) is 2.78. The second kappa shape index (κ2) is 3.90. The fraction of sp³-hybridized carbons (Fsp3) is 0.0769. The van der Waals surface area contributed by atoms with Crippen LogP contribution in [0.4, 0.5) is 5.95 Å². The van der Waals surface area contributed by atoms with Gasteiger partial charge in [0, 0.05) is 37.2 Å². The van der Waals surface area contributed by atoms with Crippen molar-refractivity contribution in [1.29, 1.82) is 0 Å². The molecule has 3 rings (SSSR count). The summed E-state index contributed by atoms with van der Waals surface area (Å²) in [4.78, 5) is 8.43. The zero-order valence-corrected chi connectivity index (χ0v) is 9.46. The van der Waals surface area contributed by atoms with E-state index < -0.39 is 0 Å². The average molecular weight is 224 g/mol. The van der Waals surface area contributed by atoms with E-state index in [0.717, 1.165) is 17.0 Å². The molecule has 0 atom stereocenters. The highest BCUT2D eigenvalue weighted by Crippen LogP contribution is 2.23. The maximum absolute atomic E-state index is 4.25. The summed E-state index contributed by atoms with van der Waals surface area (Å²) in [7, 11) is 1.86. The summed E-state index contributed by atoms with van der Waals surface area (Å²) < 4.78 is 2.02. The minimum atomic E-state index is 0.821. The van der Waals surface area contributed by atoms with Gasteiger partial charge in [-0.1, -0.05) is 12.1 Å². The third kappa shape index (κ3) is 1.54. The van der Waals surface area contributed by atoms with Crippen molar-refractivity contribution in [2.75, 3.05) is 12.4 Å². The second-order valence-electron chi connectivity index (χ2n) is 3.74. The quantitative estimate of drug-likeness (QED) is 0.727. The van der Waals surface area contributed by atoms with Crippen molar-refractivity contribution in [3.8, 4) is 5.69 Å². The summed E-state index contributed by atoms with van der Waals surface area (Å²) in [6, 6.07) is 8.19. The van der Waals surface area contributed by atoms with E-state index in [1.54, 1.807) is 12.4 Å². The van der Waals surface area contributed by atoms with E-state index >= 15 is 0 Å². The summed E-state index contributed by atoms with van der Waals surface area (Å²) >= 11 is 0. The molecular weight excluding hydrogens is 212 g/mol. The summed E-state index contributed by atoms with van der Waals surface area (Å²) in [5.41, 5.74) is 1.08. The molecule has 0 bridgehead atoms. The van der Waals surface area contributed by atoms with Crippen molar-refractivity contribution in [2.24, 2.45) is 0 Å². The Morgan fingerprint density at radius 3 is 3.00 bits per heavy atom. The standard InChI is InChI=1S/C13H12N4/c1-14-13-16-7-8-17(13)12-4-2-3-10-5-6-15-9-11(10)12/h2-9H,1H3,(H,14,16). The van der Waals surface area contributed by atoms with Crippen LogP contribution in [-0.2, 0) is 0 Å². The van der Waals surface area contributed by atoms with Gasteiger partial charge in [0.1, 0.15) is 0 Å². The number of hydrogen-bond donors (Lipinski definition) is 1. The van der Waals surface area contributed by atoms with Crippen LogP contribution in [0.25, 0.3) is 16.5 Å². The molecule has 1 aromatic carbocycles. The highest BCUT2D eigenvalue weighted by Gasteiger charge is 2.06. The molecule has 84 valence electrons. The second-order valence-corrected chi connectivity index (χ2v) is 3.74. The molecule has 0 fully saturated rings. The summed E-state index contributed by atoms with van der Waals surface area (Å²) in [5.74, 6) is 0.821. The van der Waals surface area contributed by atoms with E-state index in [9.17, 15) is 0 Å². The van der Waals surface area contributed by atoms with Gasteiger partial charge < -0.3 is 5.32 Å². The van der Waals surface area contributed by atoms with Gasteiger partial charge in [-0.3, -0.25) is 9.55 Å². The van der Waals surface area contributed by atoms with Gasteiger partial charge in [-0.05, 0) is 17.5 Å². The first-order valence-corrected chi connectivity index (χ1v) is 5.44. The first-order valence-electron chi connectivity index (χ1n) is 5.44. The molecule has 4 nitrogen and oxygen atoms in total. The van der Waals surface area contributed by atoms with E-state index in [-0.39, 0.29) is 0 Å². The van der Waals surface area contributed by atoms with E-state index in [4.69, 9.17) is 0 Å². The molecular formula is C13H12N4. The monoisotopic (exact) mass is 224 g/mol. The number of fused-ring (bicyclic) bond motifs is 1. The number of aromatic nitrogens is 3. The number of nitrogens with zero attached hydrogens (tertiary/aromatic N) is 3. The van der Waals surface area contributed by atoms with Crippen LogP contribution in [0.5, 0.6) is 0 Å². The van der Waals surface area contributed by atoms with Gasteiger partial charge in [-0.25, -0.2) is 4.98 Å². The fourth-order valence-electron chi connectivity index (χ4n) is 1.99. The van der Waals surface area contributed by atoms with Crippen molar-refractivity contribution in [3.05, 3.63) is 49.1 Å². The molecule has 2 aromatic heterocycles. The molecule has 0 radical (unpaired) electrons. The molecule has 0 amide bonds. The Bertz CT molecular complexity index is 652. The van der Waals surface area contributed by atoms with Gasteiger partial charge in [-0.15, -0.1) is 0 Å². The Balaban J connectivity index is 2.31. The van der Waals surface area contributed by atoms with Crippen LogP contribution in [0.3, 0.4) is 0 Å². The SMILES string of the molecule is CNc1nccn1-c1cccc2ccncc12. The molecule has 0 aliphatic rings. The Hall–Kier alpha value is -2.36. The minimum Gasteiger partial charge on any atom is -0.358 e. The molecule has 0 saturated heterocycles. The number of imidazole rings is 1. The van der Waals surface area contributed by atoms with Gasteiger partial charge in [0.15, 0.2) is 0 Å². The van der Waals surface area contributed by atoms with Crippen LogP contribution in [0.15, 0.2) is 49.1 Å². The predicted molar refractivity (Wildman–Crippen MR) is 68.4 cm³/mol. The molecule has 17 heavy (non-hydrogen) atoms. The van der Waals surface area contributed by atoms with Crippen LogP contribution in [0.1, 0.15) is 0 Å². The summed E-state index contributed by atoms with van der Waals surface area (Å²) in [6.45, 7) is 0. The molecule has 2 heterocycles. The maximum Gasteiger partial charge on any atom is 0.207 e. The topological polar surface area (TPSA) is 42.7 Å². The van der Waals surface area contributed by atoms with Crippen molar-refractivity contribution in [3.63, 3.8) is 0 Å². The van der Waals surface area contributed by atoms with E-state index in [1.807, 2.05) is 36.1 Å². The van der Waals surface area contributed by atoms with Crippen molar-refractivity contribution >= 4 is 16.7 Å². The van der Waals surface area contributed by atoms with Gasteiger partial charge in [-0.2, -0.15) is 0 Å². The smallest absolute Gasteiger partial charge is 0.207 e. The third-order valence-electron chi connectivity index (χ3n) is 2.78. The zero-order valence-electron chi connectivity index (χ0n) is 9.46. The Morgan fingerprint density at radius 1 is 1.18 bits per heavy atom. The number of rotatable bonds is 2.